The lowest BCUT2D eigenvalue weighted by molar-refractivity contribution is 0.215. The SMILES string of the molecule is O=C(Nc1ccc(Oc2ccc(F)cc2)cc1)N1CCC2(CCNC2)C1. The van der Waals surface area contributed by atoms with E-state index in [4.69, 9.17) is 4.74 Å². The summed E-state index contributed by atoms with van der Waals surface area (Å²) in [7, 11) is 0. The van der Waals surface area contributed by atoms with Crippen molar-refractivity contribution in [3.05, 3.63) is 54.3 Å². The molecule has 1 spiro atoms. The molecule has 0 aromatic heterocycles. The molecule has 5 nitrogen and oxygen atoms in total. The van der Waals surface area contributed by atoms with Crippen LogP contribution in [-0.4, -0.2) is 37.1 Å². The van der Waals surface area contributed by atoms with Crippen LogP contribution in [0.2, 0.25) is 0 Å². The molecule has 2 saturated heterocycles. The predicted octanol–water partition coefficient (Wildman–Crippen LogP) is 3.84. The van der Waals surface area contributed by atoms with Gasteiger partial charge in [0.2, 0.25) is 0 Å². The summed E-state index contributed by atoms with van der Waals surface area (Å²) in [6.07, 6.45) is 2.21. The van der Waals surface area contributed by atoms with Gasteiger partial charge in [-0.25, -0.2) is 9.18 Å². The number of nitrogens with zero attached hydrogens (tertiary/aromatic N) is 1. The number of carbonyl (C=O) groups excluding carboxylic acids is 1. The van der Waals surface area contributed by atoms with Crippen molar-refractivity contribution in [1.29, 1.82) is 0 Å². The molecule has 2 N–H and O–H groups in total. The number of amides is 2. The number of urea groups is 1. The smallest absolute Gasteiger partial charge is 0.321 e. The van der Waals surface area contributed by atoms with E-state index in [-0.39, 0.29) is 17.3 Å². The second-order valence-corrected chi connectivity index (χ2v) is 7.11. The summed E-state index contributed by atoms with van der Waals surface area (Å²) >= 11 is 0. The molecule has 0 bridgehead atoms. The first-order valence-corrected chi connectivity index (χ1v) is 8.92. The highest BCUT2D eigenvalue weighted by Crippen LogP contribution is 2.36. The molecule has 2 aromatic rings. The van der Waals surface area contributed by atoms with E-state index >= 15 is 0 Å². The average Bonchev–Trinajstić information content (AvgIpc) is 3.29. The number of nitrogens with one attached hydrogen (secondary N) is 2. The lowest BCUT2D eigenvalue weighted by atomic mass is 9.87. The topological polar surface area (TPSA) is 53.6 Å². The van der Waals surface area contributed by atoms with Crippen LogP contribution in [0.5, 0.6) is 11.5 Å². The predicted molar refractivity (Wildman–Crippen MR) is 98.0 cm³/mol. The van der Waals surface area contributed by atoms with E-state index in [1.165, 1.54) is 12.1 Å². The van der Waals surface area contributed by atoms with Gasteiger partial charge >= 0.3 is 6.03 Å². The van der Waals surface area contributed by atoms with Gasteiger partial charge in [-0.15, -0.1) is 0 Å². The Morgan fingerprint density at radius 1 is 1.08 bits per heavy atom. The highest BCUT2D eigenvalue weighted by Gasteiger charge is 2.41. The third-order valence-electron chi connectivity index (χ3n) is 5.21. The fraction of sp³-hybridized carbons (Fsp3) is 0.350. The van der Waals surface area contributed by atoms with Gasteiger partial charge < -0.3 is 20.3 Å². The van der Waals surface area contributed by atoms with E-state index in [9.17, 15) is 9.18 Å². The van der Waals surface area contributed by atoms with Gasteiger partial charge in [0.15, 0.2) is 0 Å². The number of ether oxygens (including phenoxy) is 1. The van der Waals surface area contributed by atoms with Crippen molar-refractivity contribution in [1.82, 2.24) is 10.2 Å². The third-order valence-corrected chi connectivity index (χ3v) is 5.21. The van der Waals surface area contributed by atoms with Crippen LogP contribution in [0, 0.1) is 11.2 Å². The molecule has 1 unspecified atom stereocenters. The molecule has 1 atom stereocenters. The molecule has 136 valence electrons. The Morgan fingerprint density at radius 3 is 2.42 bits per heavy atom. The minimum atomic E-state index is -0.299. The van der Waals surface area contributed by atoms with E-state index in [0.29, 0.717) is 11.5 Å². The van der Waals surface area contributed by atoms with Crippen molar-refractivity contribution in [3.63, 3.8) is 0 Å². The van der Waals surface area contributed by atoms with Gasteiger partial charge in [0.25, 0.3) is 0 Å². The molecule has 2 aliphatic rings. The van der Waals surface area contributed by atoms with Crippen LogP contribution in [-0.2, 0) is 0 Å². The van der Waals surface area contributed by atoms with Crippen LogP contribution in [0.15, 0.2) is 48.5 Å². The molecule has 26 heavy (non-hydrogen) atoms. The van der Waals surface area contributed by atoms with Crippen molar-refractivity contribution >= 4 is 11.7 Å². The Labute approximate surface area is 152 Å². The van der Waals surface area contributed by atoms with Gasteiger partial charge in [0, 0.05) is 30.7 Å². The fourth-order valence-corrected chi connectivity index (χ4v) is 3.70. The molecular weight excluding hydrogens is 333 g/mol. The van der Waals surface area contributed by atoms with Crippen LogP contribution < -0.4 is 15.4 Å². The molecular formula is C20H22FN3O2. The van der Waals surface area contributed by atoms with Gasteiger partial charge in [-0.3, -0.25) is 0 Å². The van der Waals surface area contributed by atoms with Crippen molar-refractivity contribution in [2.45, 2.75) is 12.8 Å². The quantitative estimate of drug-likeness (QED) is 0.880. The standard InChI is InChI=1S/C20H22FN3O2/c21-15-1-5-17(6-2-15)26-18-7-3-16(4-8-18)23-19(25)24-12-10-20(14-24)9-11-22-13-20/h1-8,22H,9-14H2,(H,23,25). The average molecular weight is 355 g/mol. The second kappa shape index (κ2) is 6.96. The van der Waals surface area contributed by atoms with Crippen molar-refractivity contribution < 1.29 is 13.9 Å². The number of carbonyl (C=O) groups is 1. The Hall–Kier alpha value is -2.60. The first kappa shape index (κ1) is 16.8. The molecule has 2 aliphatic heterocycles. The molecule has 2 amide bonds. The van der Waals surface area contributed by atoms with E-state index in [1.807, 2.05) is 4.90 Å². The van der Waals surface area contributed by atoms with E-state index < -0.39 is 0 Å². The Bertz CT molecular complexity index is 771. The van der Waals surface area contributed by atoms with Gasteiger partial charge in [-0.1, -0.05) is 0 Å². The number of halogens is 1. The first-order valence-electron chi connectivity index (χ1n) is 8.92. The summed E-state index contributed by atoms with van der Waals surface area (Å²) in [5, 5.41) is 6.35. The van der Waals surface area contributed by atoms with Gasteiger partial charge in [0.1, 0.15) is 17.3 Å². The molecule has 0 aliphatic carbocycles. The summed E-state index contributed by atoms with van der Waals surface area (Å²) in [5.74, 6) is 0.898. The van der Waals surface area contributed by atoms with Crippen LogP contribution in [0.25, 0.3) is 0 Å². The number of benzene rings is 2. The van der Waals surface area contributed by atoms with Crippen LogP contribution >= 0.6 is 0 Å². The first-order chi connectivity index (χ1) is 12.6. The number of hydrogen-bond donors (Lipinski definition) is 2. The maximum Gasteiger partial charge on any atom is 0.321 e. The van der Waals surface area contributed by atoms with Crippen LogP contribution in [0.3, 0.4) is 0 Å². The summed E-state index contributed by atoms with van der Waals surface area (Å²) in [4.78, 5) is 14.4. The molecule has 6 heteroatoms. The zero-order valence-electron chi connectivity index (χ0n) is 14.5. The fourth-order valence-electron chi connectivity index (χ4n) is 3.70. The maximum absolute atomic E-state index is 12.9. The van der Waals surface area contributed by atoms with Gasteiger partial charge in [0.05, 0.1) is 0 Å². The lowest BCUT2D eigenvalue weighted by Crippen LogP contribution is -2.36. The Morgan fingerprint density at radius 2 is 1.77 bits per heavy atom. The number of hydrogen-bond acceptors (Lipinski definition) is 3. The number of likely N-dealkylation sites (tertiary alicyclic amines) is 1. The van der Waals surface area contributed by atoms with Crippen LogP contribution in [0.4, 0.5) is 14.9 Å². The highest BCUT2D eigenvalue weighted by atomic mass is 19.1. The Kier molecular flexibility index (Phi) is 4.51. The maximum atomic E-state index is 12.9. The van der Waals surface area contributed by atoms with Crippen molar-refractivity contribution in [2.24, 2.45) is 5.41 Å². The summed E-state index contributed by atoms with van der Waals surface area (Å²) < 4.78 is 18.6. The zero-order valence-corrected chi connectivity index (χ0v) is 14.5. The van der Waals surface area contributed by atoms with Gasteiger partial charge in [-0.2, -0.15) is 0 Å². The highest BCUT2D eigenvalue weighted by molar-refractivity contribution is 5.89. The molecule has 2 aromatic carbocycles. The van der Waals surface area contributed by atoms with Crippen LogP contribution in [0.1, 0.15) is 12.8 Å². The Balaban J connectivity index is 1.34. The molecule has 2 heterocycles. The van der Waals surface area contributed by atoms with E-state index in [1.54, 1.807) is 36.4 Å². The minimum Gasteiger partial charge on any atom is -0.457 e. The minimum absolute atomic E-state index is 0.0547. The zero-order chi connectivity index (χ0) is 18.0. The number of anilines is 1. The summed E-state index contributed by atoms with van der Waals surface area (Å²) in [5.41, 5.74) is 0.997. The van der Waals surface area contributed by atoms with E-state index in [2.05, 4.69) is 10.6 Å². The monoisotopic (exact) mass is 355 g/mol. The third kappa shape index (κ3) is 3.65. The molecule has 0 saturated carbocycles. The molecule has 4 rings (SSSR count). The lowest BCUT2D eigenvalue weighted by Gasteiger charge is -2.23. The molecule has 0 radical (unpaired) electrons. The summed E-state index contributed by atoms with van der Waals surface area (Å²) in [6, 6.07) is 13.0. The second-order valence-electron chi connectivity index (χ2n) is 7.11. The van der Waals surface area contributed by atoms with Gasteiger partial charge in [-0.05, 0) is 67.9 Å². The largest absolute Gasteiger partial charge is 0.457 e. The molecule has 2 fully saturated rings. The number of rotatable bonds is 3. The van der Waals surface area contributed by atoms with Crippen molar-refractivity contribution in [3.8, 4) is 11.5 Å². The summed E-state index contributed by atoms with van der Waals surface area (Å²) in [6.45, 7) is 3.67. The van der Waals surface area contributed by atoms with Crippen molar-refractivity contribution in [2.75, 3.05) is 31.5 Å². The normalized spacial score (nSPS) is 22.0. The van der Waals surface area contributed by atoms with E-state index in [0.717, 1.165) is 44.7 Å².